The topological polar surface area (TPSA) is 73.6 Å². The third kappa shape index (κ3) is 3.14. The number of esters is 1. The first-order valence-electron chi connectivity index (χ1n) is 7.05. The zero-order chi connectivity index (χ0) is 16.6. The van der Waals surface area contributed by atoms with Crippen LogP contribution in [0.5, 0.6) is 0 Å². The third-order valence-electron chi connectivity index (χ3n) is 3.34. The highest BCUT2D eigenvalue weighted by atomic mass is 32.1. The van der Waals surface area contributed by atoms with Crippen LogP contribution in [0.1, 0.15) is 32.2 Å². The van der Waals surface area contributed by atoms with Crippen LogP contribution in [-0.2, 0) is 11.3 Å². The van der Waals surface area contributed by atoms with Gasteiger partial charge in [-0.05, 0) is 32.4 Å². The van der Waals surface area contributed by atoms with Gasteiger partial charge in [0.25, 0.3) is 5.56 Å². The van der Waals surface area contributed by atoms with Gasteiger partial charge in [-0.2, -0.15) is 9.61 Å². The van der Waals surface area contributed by atoms with Crippen molar-refractivity contribution < 1.29 is 9.53 Å². The monoisotopic (exact) mass is 329 g/mol. The lowest BCUT2D eigenvalue weighted by molar-refractivity contribution is 0.0470. The number of fused-ring (bicyclic) bond motifs is 1. The molecular weight excluding hydrogens is 314 g/mol. The smallest absolute Gasteiger partial charge is 0.338 e. The van der Waals surface area contributed by atoms with Gasteiger partial charge >= 0.3 is 5.97 Å². The zero-order valence-electron chi connectivity index (χ0n) is 13.0. The van der Waals surface area contributed by atoms with E-state index in [1.807, 2.05) is 26.0 Å². The second-order valence-electron chi connectivity index (χ2n) is 5.32. The fraction of sp³-hybridized carbons (Fsp3) is 0.250. The summed E-state index contributed by atoms with van der Waals surface area (Å²) in [6.07, 6.45) is 0. The van der Waals surface area contributed by atoms with E-state index in [1.54, 1.807) is 13.0 Å². The van der Waals surface area contributed by atoms with Crippen molar-refractivity contribution in [1.29, 1.82) is 0 Å². The molecule has 0 N–H and O–H groups in total. The standard InChI is InChI=1S/C16H15N3O3S/c1-9-4-5-12(10(2)6-9)15(21)22-8-13-18-19-14(20)7-11(3)17-16(19)23-13/h4-7H,8H2,1-3H3. The first-order chi connectivity index (χ1) is 10.9. The predicted octanol–water partition coefficient (Wildman–Crippen LogP) is 2.43. The van der Waals surface area contributed by atoms with Gasteiger partial charge in [0.15, 0.2) is 5.01 Å². The Morgan fingerprint density at radius 2 is 2.04 bits per heavy atom. The van der Waals surface area contributed by atoms with E-state index >= 15 is 0 Å². The van der Waals surface area contributed by atoms with Crippen molar-refractivity contribution in [1.82, 2.24) is 14.6 Å². The highest BCUT2D eigenvalue weighted by Crippen LogP contribution is 2.15. The number of benzene rings is 1. The van der Waals surface area contributed by atoms with E-state index in [9.17, 15) is 9.59 Å². The zero-order valence-corrected chi connectivity index (χ0v) is 13.8. The van der Waals surface area contributed by atoms with Gasteiger partial charge in [-0.25, -0.2) is 9.78 Å². The number of hydrogen-bond donors (Lipinski definition) is 0. The molecule has 0 atom stereocenters. The lowest BCUT2D eigenvalue weighted by Gasteiger charge is -2.06. The van der Waals surface area contributed by atoms with Gasteiger partial charge in [0.05, 0.1) is 5.56 Å². The number of hydrogen-bond acceptors (Lipinski definition) is 6. The summed E-state index contributed by atoms with van der Waals surface area (Å²) in [7, 11) is 0. The minimum Gasteiger partial charge on any atom is -0.455 e. The highest BCUT2D eigenvalue weighted by molar-refractivity contribution is 7.16. The van der Waals surface area contributed by atoms with Crippen LogP contribution in [0.2, 0.25) is 0 Å². The first kappa shape index (κ1) is 15.4. The molecule has 1 aromatic carbocycles. The van der Waals surface area contributed by atoms with Gasteiger partial charge in [0.2, 0.25) is 4.96 Å². The van der Waals surface area contributed by atoms with E-state index in [0.717, 1.165) is 11.1 Å². The molecular formula is C16H15N3O3S. The molecule has 0 bridgehead atoms. The Balaban J connectivity index is 1.79. The summed E-state index contributed by atoms with van der Waals surface area (Å²) >= 11 is 1.23. The molecule has 118 valence electrons. The van der Waals surface area contributed by atoms with Crippen molar-refractivity contribution in [2.24, 2.45) is 0 Å². The lowest BCUT2D eigenvalue weighted by Crippen LogP contribution is -2.14. The van der Waals surface area contributed by atoms with Crippen LogP contribution in [0.25, 0.3) is 4.96 Å². The Morgan fingerprint density at radius 1 is 1.26 bits per heavy atom. The molecule has 7 heteroatoms. The molecule has 3 aromatic rings. The van der Waals surface area contributed by atoms with E-state index in [2.05, 4.69) is 10.1 Å². The molecule has 2 aromatic heterocycles. The van der Waals surface area contributed by atoms with Crippen LogP contribution < -0.4 is 5.56 Å². The number of aryl methyl sites for hydroxylation is 3. The van der Waals surface area contributed by atoms with Gasteiger partial charge < -0.3 is 4.74 Å². The number of nitrogens with zero attached hydrogens (tertiary/aromatic N) is 3. The van der Waals surface area contributed by atoms with Gasteiger partial charge in [-0.3, -0.25) is 4.79 Å². The number of carbonyl (C=O) groups is 1. The van der Waals surface area contributed by atoms with Crippen molar-refractivity contribution in [3.63, 3.8) is 0 Å². The minimum absolute atomic E-state index is 0.0126. The summed E-state index contributed by atoms with van der Waals surface area (Å²) in [4.78, 5) is 28.7. The van der Waals surface area contributed by atoms with Crippen molar-refractivity contribution in [2.75, 3.05) is 0 Å². The minimum atomic E-state index is -0.404. The van der Waals surface area contributed by atoms with Crippen molar-refractivity contribution in [2.45, 2.75) is 27.4 Å². The van der Waals surface area contributed by atoms with Gasteiger partial charge in [-0.1, -0.05) is 29.0 Å². The highest BCUT2D eigenvalue weighted by Gasteiger charge is 2.13. The molecule has 0 fully saturated rings. The van der Waals surface area contributed by atoms with E-state index in [-0.39, 0.29) is 12.2 Å². The molecule has 0 aliphatic rings. The Morgan fingerprint density at radius 3 is 2.78 bits per heavy atom. The Hall–Kier alpha value is -2.54. The molecule has 0 saturated carbocycles. The lowest BCUT2D eigenvalue weighted by atomic mass is 10.1. The van der Waals surface area contributed by atoms with E-state index in [1.165, 1.54) is 21.9 Å². The maximum atomic E-state index is 12.2. The number of carbonyl (C=O) groups excluding carboxylic acids is 1. The predicted molar refractivity (Wildman–Crippen MR) is 86.9 cm³/mol. The summed E-state index contributed by atoms with van der Waals surface area (Å²) in [5, 5.41) is 4.66. The van der Waals surface area contributed by atoms with Gasteiger partial charge in [-0.15, -0.1) is 0 Å². The van der Waals surface area contributed by atoms with Crippen LogP contribution in [0, 0.1) is 20.8 Å². The van der Waals surface area contributed by atoms with Crippen molar-refractivity contribution in [3.8, 4) is 0 Å². The molecule has 0 aliphatic carbocycles. The third-order valence-corrected chi connectivity index (χ3v) is 4.23. The normalized spacial score (nSPS) is 10.9. The molecule has 0 aliphatic heterocycles. The van der Waals surface area contributed by atoms with Crippen molar-refractivity contribution in [3.05, 3.63) is 62.0 Å². The average molecular weight is 329 g/mol. The van der Waals surface area contributed by atoms with Gasteiger partial charge in [0.1, 0.15) is 6.61 Å². The summed E-state index contributed by atoms with van der Waals surface area (Å²) in [6, 6.07) is 6.97. The van der Waals surface area contributed by atoms with Crippen LogP contribution >= 0.6 is 11.3 Å². The maximum Gasteiger partial charge on any atom is 0.338 e. The summed E-state index contributed by atoms with van der Waals surface area (Å²) < 4.78 is 6.52. The van der Waals surface area contributed by atoms with E-state index in [4.69, 9.17) is 4.74 Å². The molecule has 23 heavy (non-hydrogen) atoms. The first-order valence-corrected chi connectivity index (χ1v) is 7.86. The molecule has 0 amide bonds. The average Bonchev–Trinajstić information content (AvgIpc) is 2.88. The number of rotatable bonds is 3. The largest absolute Gasteiger partial charge is 0.455 e. The summed E-state index contributed by atoms with van der Waals surface area (Å²) in [6.45, 7) is 5.60. The van der Waals surface area contributed by atoms with E-state index < -0.39 is 5.97 Å². The fourth-order valence-electron chi connectivity index (χ4n) is 2.27. The molecule has 0 unspecified atom stereocenters. The van der Waals surface area contributed by atoms with E-state index in [0.29, 0.717) is 21.2 Å². The van der Waals surface area contributed by atoms with Crippen LogP contribution in [0.3, 0.4) is 0 Å². The van der Waals surface area contributed by atoms with Gasteiger partial charge in [0, 0.05) is 11.8 Å². The molecule has 0 spiro atoms. The maximum absolute atomic E-state index is 12.2. The number of ether oxygens (including phenoxy) is 1. The second-order valence-corrected chi connectivity index (χ2v) is 6.36. The van der Waals surface area contributed by atoms with Crippen LogP contribution in [0.4, 0.5) is 0 Å². The Bertz CT molecular complexity index is 959. The van der Waals surface area contributed by atoms with Crippen LogP contribution in [0.15, 0.2) is 29.1 Å². The summed E-state index contributed by atoms with van der Waals surface area (Å²) in [5.74, 6) is -0.404. The SMILES string of the molecule is Cc1ccc(C(=O)OCc2nn3c(=O)cc(C)nc3s2)c(C)c1. The van der Waals surface area contributed by atoms with Crippen molar-refractivity contribution >= 4 is 22.3 Å². The van der Waals surface area contributed by atoms with Crippen LogP contribution in [-0.4, -0.2) is 20.6 Å². The molecule has 2 heterocycles. The molecule has 6 nitrogen and oxygen atoms in total. The summed E-state index contributed by atoms with van der Waals surface area (Å²) in [5.41, 5.74) is 2.88. The Labute approximate surface area is 136 Å². The fourth-order valence-corrected chi connectivity index (χ4v) is 3.12. The quantitative estimate of drug-likeness (QED) is 0.690. The second kappa shape index (κ2) is 5.92. The molecule has 3 rings (SSSR count). The molecule has 0 radical (unpaired) electrons. The molecule has 0 saturated heterocycles. The number of aromatic nitrogens is 3. The Kier molecular flexibility index (Phi) is 3.96.